The number of benzene rings is 1. The lowest BCUT2D eigenvalue weighted by Gasteiger charge is -2.36. The summed E-state index contributed by atoms with van der Waals surface area (Å²) >= 11 is 0. The molecule has 1 atom stereocenters. The number of nitrogens with zero attached hydrogens (tertiary/aromatic N) is 1. The fourth-order valence-electron chi connectivity index (χ4n) is 4.55. The van der Waals surface area contributed by atoms with Crippen molar-refractivity contribution < 1.29 is 14.0 Å². The predicted octanol–water partition coefficient (Wildman–Crippen LogP) is 5.62. The second-order valence-corrected chi connectivity index (χ2v) is 9.89. The first-order chi connectivity index (χ1) is 15.7. The first kappa shape index (κ1) is 22.9. The van der Waals surface area contributed by atoms with E-state index >= 15 is 0 Å². The standard InChI is InChI=1S/C27H33N3O3/c1-18-14-17-23(33-18)24(25(31)29-27(2,3)4)30(20-12-8-9-13-20)26(32)22-16-15-21(28-22)19-10-6-5-7-11-19/h5-7,10-11,14-17,20,24,28H,8-9,12-13H2,1-4H3,(H,29,31)/t24-/m0/s1. The topological polar surface area (TPSA) is 78.3 Å². The molecule has 6 heteroatoms. The molecule has 1 fully saturated rings. The highest BCUT2D eigenvalue weighted by Crippen LogP contribution is 2.34. The van der Waals surface area contributed by atoms with Gasteiger partial charge in [0.05, 0.1) is 0 Å². The van der Waals surface area contributed by atoms with Crippen molar-refractivity contribution in [3.63, 3.8) is 0 Å². The highest BCUT2D eigenvalue weighted by Gasteiger charge is 2.41. The van der Waals surface area contributed by atoms with Crippen LogP contribution in [0.15, 0.2) is 59.0 Å². The highest BCUT2D eigenvalue weighted by molar-refractivity contribution is 5.97. The van der Waals surface area contributed by atoms with Crippen molar-refractivity contribution in [3.8, 4) is 11.3 Å². The van der Waals surface area contributed by atoms with Crippen LogP contribution < -0.4 is 5.32 Å². The molecule has 0 unspecified atom stereocenters. The number of hydrogen-bond donors (Lipinski definition) is 2. The van der Waals surface area contributed by atoms with Crippen molar-refractivity contribution in [2.75, 3.05) is 0 Å². The van der Waals surface area contributed by atoms with Crippen LogP contribution in [0.4, 0.5) is 0 Å². The second-order valence-electron chi connectivity index (χ2n) is 9.89. The van der Waals surface area contributed by atoms with Crippen LogP contribution in [0.1, 0.15) is 74.5 Å². The van der Waals surface area contributed by atoms with Gasteiger partial charge in [0, 0.05) is 17.3 Å². The van der Waals surface area contributed by atoms with Crippen LogP contribution in [0.3, 0.4) is 0 Å². The number of hydrogen-bond acceptors (Lipinski definition) is 3. The second kappa shape index (κ2) is 9.30. The van der Waals surface area contributed by atoms with E-state index in [2.05, 4.69) is 10.3 Å². The minimum absolute atomic E-state index is 0.0258. The predicted molar refractivity (Wildman–Crippen MR) is 129 cm³/mol. The number of H-pyrrole nitrogens is 1. The maximum Gasteiger partial charge on any atom is 0.271 e. The van der Waals surface area contributed by atoms with Crippen LogP contribution >= 0.6 is 0 Å². The number of nitrogens with one attached hydrogen (secondary N) is 2. The van der Waals surface area contributed by atoms with Crippen molar-refractivity contribution in [1.29, 1.82) is 0 Å². The lowest BCUT2D eigenvalue weighted by Crippen LogP contribution is -2.51. The number of aryl methyl sites for hydroxylation is 1. The Kier molecular flexibility index (Phi) is 6.45. The number of furan rings is 1. The molecule has 1 aliphatic carbocycles. The van der Waals surface area contributed by atoms with Crippen LogP contribution in [0, 0.1) is 6.92 Å². The Hall–Kier alpha value is -3.28. The largest absolute Gasteiger partial charge is 0.464 e. The van der Waals surface area contributed by atoms with Gasteiger partial charge in [-0.1, -0.05) is 43.2 Å². The molecule has 0 aliphatic heterocycles. The molecule has 0 bridgehead atoms. The van der Waals surface area contributed by atoms with Crippen molar-refractivity contribution in [3.05, 3.63) is 71.8 Å². The fourth-order valence-corrected chi connectivity index (χ4v) is 4.55. The smallest absolute Gasteiger partial charge is 0.271 e. The lowest BCUT2D eigenvalue weighted by molar-refractivity contribution is -0.128. The average Bonchev–Trinajstić information content (AvgIpc) is 3.52. The normalized spacial score (nSPS) is 15.4. The van der Waals surface area contributed by atoms with Crippen molar-refractivity contribution >= 4 is 11.8 Å². The van der Waals surface area contributed by atoms with Crippen molar-refractivity contribution in [2.24, 2.45) is 0 Å². The van der Waals surface area contributed by atoms with Gasteiger partial charge >= 0.3 is 0 Å². The zero-order valence-corrected chi connectivity index (χ0v) is 19.9. The van der Waals surface area contributed by atoms with E-state index in [0.717, 1.165) is 36.9 Å². The van der Waals surface area contributed by atoms with E-state index in [4.69, 9.17) is 4.42 Å². The van der Waals surface area contributed by atoms with Gasteiger partial charge in [-0.3, -0.25) is 9.59 Å². The third-order valence-electron chi connectivity index (χ3n) is 6.01. The molecule has 1 aliphatic rings. The molecule has 2 amide bonds. The number of aromatic amines is 1. The van der Waals surface area contributed by atoms with E-state index in [9.17, 15) is 9.59 Å². The molecule has 4 rings (SSSR count). The highest BCUT2D eigenvalue weighted by atomic mass is 16.3. The van der Waals surface area contributed by atoms with Gasteiger partial charge in [0.2, 0.25) is 0 Å². The van der Waals surface area contributed by atoms with Crippen molar-refractivity contribution in [2.45, 2.75) is 71.0 Å². The molecule has 1 saturated carbocycles. The first-order valence-corrected chi connectivity index (χ1v) is 11.7. The summed E-state index contributed by atoms with van der Waals surface area (Å²) < 4.78 is 5.92. The molecule has 2 N–H and O–H groups in total. The van der Waals surface area contributed by atoms with Gasteiger partial charge in [0.25, 0.3) is 11.8 Å². The molecule has 6 nitrogen and oxygen atoms in total. The van der Waals surface area contributed by atoms with E-state index in [1.807, 2.05) is 76.2 Å². The Morgan fingerprint density at radius 1 is 1.03 bits per heavy atom. The quantitative estimate of drug-likeness (QED) is 0.514. The summed E-state index contributed by atoms with van der Waals surface area (Å²) in [6.45, 7) is 7.66. The third-order valence-corrected chi connectivity index (χ3v) is 6.01. The first-order valence-electron chi connectivity index (χ1n) is 11.7. The Labute approximate surface area is 195 Å². The van der Waals surface area contributed by atoms with E-state index in [0.29, 0.717) is 17.2 Å². The molecule has 3 aromatic rings. The Morgan fingerprint density at radius 3 is 2.33 bits per heavy atom. The molecule has 0 saturated heterocycles. The minimum atomic E-state index is -0.836. The van der Waals surface area contributed by atoms with Gasteiger partial charge in [-0.25, -0.2) is 0 Å². The molecular formula is C27H33N3O3. The SMILES string of the molecule is Cc1ccc([C@@H](C(=O)NC(C)(C)C)N(C(=O)c2ccc(-c3ccccc3)[nH]2)C2CCCC2)o1. The number of rotatable bonds is 6. The van der Waals surface area contributed by atoms with Crippen LogP contribution in [0.5, 0.6) is 0 Å². The number of aromatic nitrogens is 1. The third kappa shape index (κ3) is 5.21. The van der Waals surface area contributed by atoms with E-state index in [1.54, 1.807) is 11.0 Å². The summed E-state index contributed by atoms with van der Waals surface area (Å²) in [5, 5.41) is 3.07. The maximum absolute atomic E-state index is 13.9. The van der Waals surface area contributed by atoms with Gasteiger partial charge in [0.15, 0.2) is 6.04 Å². The Bertz CT molecular complexity index is 1100. The molecule has 2 aromatic heterocycles. The van der Waals surface area contributed by atoms with E-state index in [1.165, 1.54) is 0 Å². The molecule has 2 heterocycles. The van der Waals surface area contributed by atoms with Crippen LogP contribution in [-0.4, -0.2) is 33.3 Å². The summed E-state index contributed by atoms with van der Waals surface area (Å²) in [7, 11) is 0. The maximum atomic E-state index is 13.9. The molecule has 0 spiro atoms. The lowest BCUT2D eigenvalue weighted by atomic mass is 10.0. The summed E-state index contributed by atoms with van der Waals surface area (Å²) in [6, 6.07) is 16.4. The molecule has 1 aromatic carbocycles. The molecule has 0 radical (unpaired) electrons. The number of amides is 2. The summed E-state index contributed by atoms with van der Waals surface area (Å²) in [4.78, 5) is 32.5. The van der Waals surface area contributed by atoms with Gasteiger partial charge in [-0.2, -0.15) is 0 Å². The van der Waals surface area contributed by atoms with Gasteiger partial charge in [-0.15, -0.1) is 0 Å². The zero-order valence-electron chi connectivity index (χ0n) is 19.9. The number of carbonyl (C=O) groups is 2. The zero-order chi connectivity index (χ0) is 23.6. The molecule has 33 heavy (non-hydrogen) atoms. The van der Waals surface area contributed by atoms with Crippen molar-refractivity contribution in [1.82, 2.24) is 15.2 Å². The van der Waals surface area contributed by atoms with Gasteiger partial charge in [-0.05, 0) is 70.4 Å². The minimum Gasteiger partial charge on any atom is -0.464 e. The average molecular weight is 448 g/mol. The summed E-state index contributed by atoms with van der Waals surface area (Å²) in [6.07, 6.45) is 3.83. The van der Waals surface area contributed by atoms with Gasteiger partial charge in [0.1, 0.15) is 17.2 Å². The van der Waals surface area contributed by atoms with E-state index in [-0.39, 0.29) is 17.9 Å². The van der Waals surface area contributed by atoms with Crippen LogP contribution in [0.2, 0.25) is 0 Å². The Morgan fingerprint density at radius 2 is 1.73 bits per heavy atom. The fraction of sp³-hybridized carbons (Fsp3) is 0.407. The summed E-state index contributed by atoms with van der Waals surface area (Å²) in [5.74, 6) is 0.784. The van der Waals surface area contributed by atoms with E-state index < -0.39 is 11.6 Å². The summed E-state index contributed by atoms with van der Waals surface area (Å²) in [5.41, 5.74) is 1.91. The molecular weight excluding hydrogens is 414 g/mol. The Balaban J connectivity index is 1.73. The number of carbonyl (C=O) groups excluding carboxylic acids is 2. The molecule has 174 valence electrons. The van der Waals surface area contributed by atoms with Crippen LogP contribution in [0.25, 0.3) is 11.3 Å². The monoisotopic (exact) mass is 447 g/mol. The van der Waals surface area contributed by atoms with Crippen LogP contribution in [-0.2, 0) is 4.79 Å². The van der Waals surface area contributed by atoms with Gasteiger partial charge < -0.3 is 19.6 Å².